The van der Waals surface area contributed by atoms with Crippen LogP contribution in [-0.2, 0) is 5.41 Å². The first-order valence-corrected chi connectivity index (χ1v) is 6.92. The van der Waals surface area contributed by atoms with Gasteiger partial charge in [-0.05, 0) is 48.2 Å². The quantitative estimate of drug-likeness (QED) is 0.878. The van der Waals surface area contributed by atoms with Gasteiger partial charge in [0.05, 0.1) is 0 Å². The predicted molar refractivity (Wildman–Crippen MR) is 82.3 cm³/mol. The fraction of sp³-hybridized carbons (Fsp3) is 0.333. The van der Waals surface area contributed by atoms with Crippen LogP contribution < -0.4 is 5.73 Å². The summed E-state index contributed by atoms with van der Waals surface area (Å²) in [4.78, 5) is 0. The molecule has 0 aliphatic rings. The van der Waals surface area contributed by atoms with E-state index in [1.165, 1.54) is 23.3 Å². The van der Waals surface area contributed by atoms with Gasteiger partial charge in [0.25, 0.3) is 0 Å². The molecule has 2 heteroatoms. The summed E-state index contributed by atoms with van der Waals surface area (Å²) in [6.45, 7) is 8.40. The van der Waals surface area contributed by atoms with Crippen LogP contribution in [0.25, 0.3) is 0 Å². The average molecular weight is 271 g/mol. The number of hydrogen-bond acceptors (Lipinski definition) is 1. The van der Waals surface area contributed by atoms with Crippen LogP contribution in [0.4, 0.5) is 4.39 Å². The number of hydrogen-bond donors (Lipinski definition) is 1. The Morgan fingerprint density at radius 1 is 1.00 bits per heavy atom. The second kappa shape index (κ2) is 5.37. The molecule has 1 atom stereocenters. The second-order valence-corrected chi connectivity index (χ2v) is 6.00. The molecule has 0 aromatic heterocycles. The van der Waals surface area contributed by atoms with E-state index < -0.39 is 0 Å². The summed E-state index contributed by atoms with van der Waals surface area (Å²) in [5, 5.41) is 0. The largest absolute Gasteiger partial charge is 0.323 e. The maximum absolute atomic E-state index is 13.1. The third-order valence-corrected chi connectivity index (χ3v) is 4.35. The van der Waals surface area contributed by atoms with Gasteiger partial charge in [0.15, 0.2) is 0 Å². The lowest BCUT2D eigenvalue weighted by atomic mass is 9.74. The van der Waals surface area contributed by atoms with Crippen molar-refractivity contribution in [2.75, 3.05) is 0 Å². The Morgan fingerprint density at radius 2 is 1.60 bits per heavy atom. The second-order valence-electron chi connectivity index (χ2n) is 6.00. The fourth-order valence-electron chi connectivity index (χ4n) is 2.56. The Hall–Kier alpha value is -1.67. The van der Waals surface area contributed by atoms with Crippen LogP contribution in [0.1, 0.15) is 42.1 Å². The first kappa shape index (κ1) is 14.7. The fourth-order valence-corrected chi connectivity index (χ4v) is 2.56. The van der Waals surface area contributed by atoms with Gasteiger partial charge in [0.1, 0.15) is 5.82 Å². The average Bonchev–Trinajstić information content (AvgIpc) is 2.41. The Labute approximate surface area is 120 Å². The topological polar surface area (TPSA) is 26.0 Å². The molecule has 0 aliphatic heterocycles. The van der Waals surface area contributed by atoms with Crippen molar-refractivity contribution in [2.45, 2.75) is 39.2 Å². The van der Waals surface area contributed by atoms with E-state index in [0.29, 0.717) is 0 Å². The van der Waals surface area contributed by atoms with Crippen LogP contribution in [-0.4, -0.2) is 0 Å². The lowest BCUT2D eigenvalue weighted by Gasteiger charge is -2.33. The minimum Gasteiger partial charge on any atom is -0.323 e. The predicted octanol–water partition coefficient (Wildman–Crippen LogP) is 4.42. The molecule has 1 nitrogen and oxygen atoms in total. The molecule has 2 aromatic carbocycles. The van der Waals surface area contributed by atoms with Crippen LogP contribution >= 0.6 is 0 Å². The molecule has 0 fully saturated rings. The summed E-state index contributed by atoms with van der Waals surface area (Å²) in [5.74, 6) is -0.218. The van der Waals surface area contributed by atoms with Crippen LogP contribution in [0.2, 0.25) is 0 Å². The highest BCUT2D eigenvalue weighted by Crippen LogP contribution is 2.36. The van der Waals surface area contributed by atoms with Gasteiger partial charge >= 0.3 is 0 Å². The molecule has 2 rings (SSSR count). The van der Waals surface area contributed by atoms with Crippen molar-refractivity contribution in [3.63, 3.8) is 0 Å². The molecule has 0 amide bonds. The van der Waals surface area contributed by atoms with Gasteiger partial charge in [0.2, 0.25) is 0 Å². The van der Waals surface area contributed by atoms with Crippen LogP contribution in [0.5, 0.6) is 0 Å². The molecule has 0 saturated heterocycles. The van der Waals surface area contributed by atoms with Gasteiger partial charge in [0, 0.05) is 11.5 Å². The molecule has 0 heterocycles. The van der Waals surface area contributed by atoms with Crippen molar-refractivity contribution >= 4 is 0 Å². The summed E-state index contributed by atoms with van der Waals surface area (Å²) in [6.07, 6.45) is 0. The third-order valence-electron chi connectivity index (χ3n) is 4.35. The SMILES string of the molecule is Cc1cccc(C(N)C(C)(C)c2ccc(F)cc2)c1C. The normalized spacial score (nSPS) is 13.3. The zero-order valence-electron chi connectivity index (χ0n) is 12.6. The molecule has 0 aliphatic carbocycles. The first-order chi connectivity index (χ1) is 9.34. The van der Waals surface area contributed by atoms with Crippen molar-refractivity contribution in [2.24, 2.45) is 5.73 Å². The highest BCUT2D eigenvalue weighted by molar-refractivity contribution is 5.39. The van der Waals surface area contributed by atoms with E-state index in [9.17, 15) is 4.39 Å². The van der Waals surface area contributed by atoms with Gasteiger partial charge in [-0.2, -0.15) is 0 Å². The first-order valence-electron chi connectivity index (χ1n) is 6.92. The van der Waals surface area contributed by atoms with Gasteiger partial charge in [-0.3, -0.25) is 0 Å². The van der Waals surface area contributed by atoms with Crippen molar-refractivity contribution in [3.8, 4) is 0 Å². The van der Waals surface area contributed by atoms with Crippen LogP contribution in [0.15, 0.2) is 42.5 Å². The molecule has 0 radical (unpaired) electrons. The van der Waals surface area contributed by atoms with E-state index in [1.807, 2.05) is 18.2 Å². The zero-order valence-corrected chi connectivity index (χ0v) is 12.6. The summed E-state index contributed by atoms with van der Waals surface area (Å²) >= 11 is 0. The van der Waals surface area contributed by atoms with Gasteiger partial charge in [-0.25, -0.2) is 4.39 Å². The van der Waals surface area contributed by atoms with E-state index in [-0.39, 0.29) is 17.3 Å². The minimum atomic E-state index is -0.258. The number of nitrogens with two attached hydrogens (primary N) is 1. The standard InChI is InChI=1S/C18H22FN/c1-12-6-5-7-16(13(12)2)17(20)18(3,4)14-8-10-15(19)11-9-14/h5-11,17H,20H2,1-4H3. The smallest absolute Gasteiger partial charge is 0.123 e. The number of halogens is 1. The van der Waals surface area contributed by atoms with E-state index in [2.05, 4.69) is 39.8 Å². The van der Waals surface area contributed by atoms with E-state index >= 15 is 0 Å². The van der Waals surface area contributed by atoms with Crippen molar-refractivity contribution < 1.29 is 4.39 Å². The summed E-state index contributed by atoms with van der Waals surface area (Å²) in [5.41, 5.74) is 10.9. The summed E-state index contributed by atoms with van der Waals surface area (Å²) < 4.78 is 13.1. The van der Waals surface area contributed by atoms with Crippen molar-refractivity contribution in [1.82, 2.24) is 0 Å². The van der Waals surface area contributed by atoms with E-state index in [1.54, 1.807) is 0 Å². The van der Waals surface area contributed by atoms with Gasteiger partial charge < -0.3 is 5.73 Å². The molecule has 20 heavy (non-hydrogen) atoms. The number of rotatable bonds is 3. The molecule has 0 bridgehead atoms. The monoisotopic (exact) mass is 271 g/mol. The van der Waals surface area contributed by atoms with E-state index in [0.717, 1.165) is 11.1 Å². The minimum absolute atomic E-state index is 0.132. The summed E-state index contributed by atoms with van der Waals surface area (Å²) in [7, 11) is 0. The molecular weight excluding hydrogens is 249 g/mol. The number of aryl methyl sites for hydroxylation is 1. The maximum Gasteiger partial charge on any atom is 0.123 e. The van der Waals surface area contributed by atoms with Gasteiger partial charge in [-0.15, -0.1) is 0 Å². The Bertz CT molecular complexity index is 599. The van der Waals surface area contributed by atoms with Crippen LogP contribution in [0, 0.1) is 19.7 Å². The molecule has 2 aromatic rings. The summed E-state index contributed by atoms with van der Waals surface area (Å²) in [6, 6.07) is 12.7. The zero-order chi connectivity index (χ0) is 14.9. The molecule has 1 unspecified atom stereocenters. The highest BCUT2D eigenvalue weighted by atomic mass is 19.1. The van der Waals surface area contributed by atoms with Crippen molar-refractivity contribution in [1.29, 1.82) is 0 Å². The lowest BCUT2D eigenvalue weighted by molar-refractivity contribution is 0.418. The lowest BCUT2D eigenvalue weighted by Crippen LogP contribution is -2.33. The molecule has 0 saturated carbocycles. The van der Waals surface area contributed by atoms with Crippen LogP contribution in [0.3, 0.4) is 0 Å². The Kier molecular flexibility index (Phi) is 3.96. The third kappa shape index (κ3) is 2.61. The maximum atomic E-state index is 13.1. The molecule has 0 spiro atoms. The molecule has 2 N–H and O–H groups in total. The number of benzene rings is 2. The Morgan fingerprint density at radius 3 is 2.20 bits per heavy atom. The van der Waals surface area contributed by atoms with E-state index in [4.69, 9.17) is 5.73 Å². The van der Waals surface area contributed by atoms with Gasteiger partial charge in [-0.1, -0.05) is 44.2 Å². The van der Waals surface area contributed by atoms with Crippen molar-refractivity contribution in [3.05, 3.63) is 70.5 Å². The molecular formula is C18H22FN. The molecule has 106 valence electrons. The highest BCUT2D eigenvalue weighted by Gasteiger charge is 2.30. The Balaban J connectivity index is 2.42.